The number of nitrogens with zero attached hydrogens (tertiary/aromatic N) is 1. The summed E-state index contributed by atoms with van der Waals surface area (Å²) in [6, 6.07) is 59.8. The Balaban J connectivity index is 1.36. The summed E-state index contributed by atoms with van der Waals surface area (Å²) in [6.07, 6.45) is 0. The molecule has 0 fully saturated rings. The minimum absolute atomic E-state index is 0.104. The molecule has 0 radical (unpaired) electrons. The number of hydrogen-bond donors (Lipinski definition) is 0. The van der Waals surface area contributed by atoms with E-state index in [0.29, 0.717) is 0 Å². The van der Waals surface area contributed by atoms with Crippen LogP contribution in [0, 0.1) is 0 Å². The Bertz CT molecular complexity index is 1980. The first kappa shape index (κ1) is 28.6. The summed E-state index contributed by atoms with van der Waals surface area (Å²) >= 11 is 0. The predicted molar refractivity (Wildman–Crippen MR) is 193 cm³/mol. The van der Waals surface area contributed by atoms with Gasteiger partial charge in [0.2, 0.25) is 0 Å². The molecule has 220 valence electrons. The van der Waals surface area contributed by atoms with Gasteiger partial charge in [-0.25, -0.2) is 0 Å². The van der Waals surface area contributed by atoms with Crippen LogP contribution in [-0.2, 0) is 10.8 Å². The van der Waals surface area contributed by atoms with E-state index >= 15 is 0 Å². The van der Waals surface area contributed by atoms with Gasteiger partial charge in [0.1, 0.15) is 0 Å². The van der Waals surface area contributed by atoms with E-state index in [4.69, 9.17) is 0 Å². The highest BCUT2D eigenvalue weighted by atomic mass is 15.1. The van der Waals surface area contributed by atoms with Crippen molar-refractivity contribution < 1.29 is 0 Å². The highest BCUT2D eigenvalue weighted by molar-refractivity contribution is 6.06. The number of benzene rings is 7. The van der Waals surface area contributed by atoms with Gasteiger partial charge in [0.15, 0.2) is 0 Å². The summed E-state index contributed by atoms with van der Waals surface area (Å²) in [5.41, 5.74) is 8.45. The van der Waals surface area contributed by atoms with Crippen LogP contribution in [0.15, 0.2) is 164 Å². The highest BCUT2D eigenvalue weighted by Gasteiger charge is 2.25. The molecule has 1 nitrogen and oxygen atoms in total. The zero-order valence-electron chi connectivity index (χ0n) is 26.5. The third-order valence-electron chi connectivity index (χ3n) is 9.65. The van der Waals surface area contributed by atoms with Crippen LogP contribution in [0.4, 0.5) is 17.1 Å². The van der Waals surface area contributed by atoms with Crippen LogP contribution in [0.1, 0.15) is 49.9 Å². The van der Waals surface area contributed by atoms with Crippen molar-refractivity contribution in [3.63, 3.8) is 0 Å². The van der Waals surface area contributed by atoms with E-state index in [9.17, 15) is 0 Å². The van der Waals surface area contributed by atoms with Crippen LogP contribution in [0.2, 0.25) is 0 Å². The number of fused-ring (bicyclic) bond motifs is 2. The van der Waals surface area contributed by atoms with E-state index in [0.717, 1.165) is 11.4 Å². The fraction of sp³-hybridized carbons (Fsp3) is 0.136. The number of rotatable bonds is 7. The van der Waals surface area contributed by atoms with Gasteiger partial charge in [-0.15, -0.1) is 0 Å². The fourth-order valence-corrected chi connectivity index (χ4v) is 6.67. The van der Waals surface area contributed by atoms with E-state index in [-0.39, 0.29) is 10.8 Å². The largest absolute Gasteiger partial charge is 0.310 e. The molecule has 0 aliphatic heterocycles. The molecule has 0 saturated carbocycles. The van der Waals surface area contributed by atoms with Crippen LogP contribution in [0.3, 0.4) is 0 Å². The maximum atomic E-state index is 2.41. The zero-order chi connectivity index (χ0) is 31.0. The minimum Gasteiger partial charge on any atom is -0.310 e. The first-order chi connectivity index (χ1) is 21.8. The van der Waals surface area contributed by atoms with E-state index < -0.39 is 0 Å². The van der Waals surface area contributed by atoms with Crippen molar-refractivity contribution in [1.82, 2.24) is 0 Å². The summed E-state index contributed by atoms with van der Waals surface area (Å²) in [5.74, 6) is 0. The van der Waals surface area contributed by atoms with Gasteiger partial charge in [-0.2, -0.15) is 0 Å². The van der Waals surface area contributed by atoms with Gasteiger partial charge in [0, 0.05) is 27.6 Å². The predicted octanol–water partition coefficient (Wildman–Crippen LogP) is 12.1. The molecule has 7 aromatic rings. The molecule has 0 saturated heterocycles. The van der Waals surface area contributed by atoms with E-state index in [1.807, 2.05) is 0 Å². The molecular weight excluding hydrogens is 542 g/mol. The summed E-state index contributed by atoms with van der Waals surface area (Å²) in [4.78, 5) is 2.41. The lowest BCUT2D eigenvalue weighted by Crippen LogP contribution is -2.19. The molecular formula is C44H39N. The first-order valence-electron chi connectivity index (χ1n) is 15.9. The maximum Gasteiger partial charge on any atom is 0.0540 e. The Labute approximate surface area is 267 Å². The monoisotopic (exact) mass is 581 g/mol. The zero-order valence-corrected chi connectivity index (χ0v) is 26.5. The molecule has 45 heavy (non-hydrogen) atoms. The van der Waals surface area contributed by atoms with Crippen molar-refractivity contribution in [1.29, 1.82) is 0 Å². The summed E-state index contributed by atoms with van der Waals surface area (Å²) in [6.45, 7) is 9.21. The van der Waals surface area contributed by atoms with Gasteiger partial charge in [0.25, 0.3) is 0 Å². The lowest BCUT2D eigenvalue weighted by molar-refractivity contribution is 0.641. The van der Waals surface area contributed by atoms with Gasteiger partial charge in [0.05, 0.1) is 5.69 Å². The normalized spacial score (nSPS) is 12.0. The molecule has 0 heterocycles. The van der Waals surface area contributed by atoms with Gasteiger partial charge < -0.3 is 4.90 Å². The average molecular weight is 582 g/mol. The molecule has 0 aromatic heterocycles. The standard InChI is InChI=1S/C44H39N/c1-43(2,35-17-7-5-8-18-35)37-22-26-39(27-23-37)45(40-28-24-38(25-29-40)44(3,4)36-19-9-6-10-20-36)42-21-13-16-34-30-32-14-11-12-15-33(32)31-41(34)42/h5-31H,1-4H3. The van der Waals surface area contributed by atoms with Crippen LogP contribution in [0.25, 0.3) is 21.5 Å². The minimum atomic E-state index is -0.104. The lowest BCUT2D eigenvalue weighted by atomic mass is 9.78. The second kappa shape index (κ2) is 11.4. The summed E-state index contributed by atoms with van der Waals surface area (Å²) < 4.78 is 0. The second-order valence-corrected chi connectivity index (χ2v) is 13.1. The topological polar surface area (TPSA) is 3.24 Å². The molecule has 0 spiro atoms. The van der Waals surface area contributed by atoms with Crippen molar-refractivity contribution in [2.24, 2.45) is 0 Å². The molecule has 0 N–H and O–H groups in total. The molecule has 0 bridgehead atoms. The maximum absolute atomic E-state index is 2.41. The quantitative estimate of drug-likeness (QED) is 0.169. The van der Waals surface area contributed by atoms with Crippen LogP contribution >= 0.6 is 0 Å². The van der Waals surface area contributed by atoms with Gasteiger partial charge in [-0.1, -0.05) is 149 Å². The second-order valence-electron chi connectivity index (χ2n) is 13.1. The molecule has 7 rings (SSSR count). The van der Waals surface area contributed by atoms with Gasteiger partial charge >= 0.3 is 0 Å². The van der Waals surface area contributed by atoms with E-state index in [1.54, 1.807) is 0 Å². The Morgan fingerprint density at radius 1 is 0.356 bits per heavy atom. The van der Waals surface area contributed by atoms with E-state index in [2.05, 4.69) is 196 Å². The molecule has 0 unspecified atom stereocenters. The van der Waals surface area contributed by atoms with E-state index in [1.165, 1.54) is 49.5 Å². The molecule has 0 aliphatic carbocycles. The molecule has 0 aliphatic rings. The first-order valence-corrected chi connectivity index (χ1v) is 15.9. The summed E-state index contributed by atoms with van der Waals surface area (Å²) in [5, 5.41) is 4.98. The van der Waals surface area contributed by atoms with Crippen molar-refractivity contribution in [3.05, 3.63) is 186 Å². The van der Waals surface area contributed by atoms with Crippen molar-refractivity contribution in [2.75, 3.05) is 4.90 Å². The number of hydrogen-bond acceptors (Lipinski definition) is 1. The van der Waals surface area contributed by atoms with Crippen molar-refractivity contribution >= 4 is 38.6 Å². The Morgan fingerprint density at radius 2 is 0.756 bits per heavy atom. The molecule has 1 heteroatoms. The third-order valence-corrected chi connectivity index (χ3v) is 9.65. The van der Waals surface area contributed by atoms with Crippen LogP contribution < -0.4 is 4.90 Å². The van der Waals surface area contributed by atoms with Gasteiger partial charge in [-0.05, 0) is 80.9 Å². The Morgan fingerprint density at radius 3 is 1.24 bits per heavy atom. The van der Waals surface area contributed by atoms with Crippen LogP contribution in [0.5, 0.6) is 0 Å². The summed E-state index contributed by atoms with van der Waals surface area (Å²) in [7, 11) is 0. The van der Waals surface area contributed by atoms with Crippen LogP contribution in [-0.4, -0.2) is 0 Å². The third kappa shape index (κ3) is 5.29. The Kier molecular flexibility index (Phi) is 7.26. The Hall–Kier alpha value is -5.14. The smallest absolute Gasteiger partial charge is 0.0540 e. The molecule has 7 aromatic carbocycles. The fourth-order valence-electron chi connectivity index (χ4n) is 6.67. The average Bonchev–Trinajstić information content (AvgIpc) is 3.09. The van der Waals surface area contributed by atoms with Gasteiger partial charge in [-0.3, -0.25) is 0 Å². The van der Waals surface area contributed by atoms with Crippen molar-refractivity contribution in [3.8, 4) is 0 Å². The number of anilines is 3. The molecule has 0 atom stereocenters. The SMILES string of the molecule is CC(C)(c1ccccc1)c1ccc(N(c2ccc(C(C)(C)c3ccccc3)cc2)c2cccc3cc4ccccc4cc23)cc1. The van der Waals surface area contributed by atoms with Crippen molar-refractivity contribution in [2.45, 2.75) is 38.5 Å². The highest BCUT2D eigenvalue weighted by Crippen LogP contribution is 2.42. The molecule has 0 amide bonds. The lowest BCUT2D eigenvalue weighted by Gasteiger charge is -2.31.